The van der Waals surface area contributed by atoms with E-state index in [9.17, 15) is 53.1 Å². The van der Waals surface area contributed by atoms with E-state index in [2.05, 4.69) is 5.32 Å². The molecular formula is C24H22BClF3N5O10. The number of nitrogens with two attached hydrogens (primary N) is 1. The zero-order valence-corrected chi connectivity index (χ0v) is 22.9. The second-order valence-electron chi connectivity index (χ2n) is 9.52. The minimum absolute atomic E-state index is 0.00649. The number of fused-ring (bicyclic) bond motifs is 1. The van der Waals surface area contributed by atoms with Gasteiger partial charge in [0.2, 0.25) is 11.7 Å². The van der Waals surface area contributed by atoms with Crippen molar-refractivity contribution in [2.45, 2.75) is 18.4 Å². The topological polar surface area (TPSA) is 232 Å². The lowest BCUT2D eigenvalue weighted by Gasteiger charge is -2.34. The van der Waals surface area contributed by atoms with Gasteiger partial charge in [0.05, 0.1) is 11.0 Å². The van der Waals surface area contributed by atoms with Crippen molar-refractivity contribution >= 4 is 48.4 Å². The van der Waals surface area contributed by atoms with Gasteiger partial charge in [-0.15, -0.1) is 0 Å². The molecule has 20 heteroatoms. The summed E-state index contributed by atoms with van der Waals surface area (Å²) in [5.41, 5.74) is 3.30. The highest BCUT2D eigenvalue weighted by Crippen LogP contribution is 2.42. The zero-order valence-electron chi connectivity index (χ0n) is 22.1. The second kappa shape index (κ2) is 12.5. The van der Waals surface area contributed by atoms with Crippen molar-refractivity contribution in [1.29, 1.82) is 0 Å². The fourth-order valence-electron chi connectivity index (χ4n) is 4.64. The molecule has 2 aromatic rings. The largest absolute Gasteiger partial charge is 0.547 e. The summed E-state index contributed by atoms with van der Waals surface area (Å²) in [5.74, 6) is -15.9. The molecule has 8 N–H and O–H groups in total. The monoisotopic (exact) mass is 643 g/mol. The van der Waals surface area contributed by atoms with Crippen LogP contribution in [0.5, 0.6) is 17.2 Å². The third-order valence-electron chi connectivity index (χ3n) is 6.83. The van der Waals surface area contributed by atoms with Crippen LogP contribution in [0, 0.1) is 17.5 Å². The molecule has 0 unspecified atom stereocenters. The molecule has 4 rings (SSSR count). The van der Waals surface area contributed by atoms with Gasteiger partial charge in [0, 0.05) is 31.7 Å². The van der Waals surface area contributed by atoms with Crippen LogP contribution in [0.2, 0.25) is 5.02 Å². The number of phenols is 2. The molecule has 0 aromatic heterocycles. The molecule has 0 bridgehead atoms. The third kappa shape index (κ3) is 5.75. The van der Waals surface area contributed by atoms with Crippen LogP contribution in [-0.4, -0.2) is 99.1 Å². The molecule has 2 aliphatic rings. The van der Waals surface area contributed by atoms with Gasteiger partial charge < -0.3 is 46.3 Å². The van der Waals surface area contributed by atoms with Crippen molar-refractivity contribution in [2.24, 2.45) is 5.73 Å². The summed E-state index contributed by atoms with van der Waals surface area (Å²) in [5, 5.41) is 42.5. The van der Waals surface area contributed by atoms with Crippen molar-refractivity contribution in [1.82, 2.24) is 20.4 Å². The Morgan fingerprint density at radius 2 is 1.80 bits per heavy atom. The number of rotatable bonds is 7. The Morgan fingerprint density at radius 3 is 2.43 bits per heavy atom. The van der Waals surface area contributed by atoms with E-state index >= 15 is 4.39 Å². The third-order valence-corrected chi connectivity index (χ3v) is 7.21. The number of carboxylic acids is 1. The van der Waals surface area contributed by atoms with Crippen LogP contribution in [0.15, 0.2) is 12.1 Å². The second-order valence-corrected chi connectivity index (χ2v) is 9.89. The average molecular weight is 644 g/mol. The van der Waals surface area contributed by atoms with Crippen molar-refractivity contribution < 1.29 is 62.1 Å². The standard InChI is InChI=1S/C24H22BClF3N5O10/c26-13-12(14(28)15(29)18(36)17(13)35)16(32-24(42)34-6-5-33(4-3-30)21(38)22(34)39)20(37)31-10-7-8-1-2-9(27)11(23(40)41)19(8)44-25(10)43/h1-2,10,16,35-36,43H,3-7,30H2,(H,31,37)(H,32,42)(H,40,41)/t10-,16+/m0/s1. The number of benzene rings is 2. The maximum absolute atomic E-state index is 15.1. The van der Waals surface area contributed by atoms with Gasteiger partial charge in [0.15, 0.2) is 17.3 Å². The van der Waals surface area contributed by atoms with E-state index in [-0.39, 0.29) is 25.2 Å². The Labute approximate surface area is 250 Å². The van der Waals surface area contributed by atoms with E-state index in [4.69, 9.17) is 22.0 Å². The number of carboxylic acid groups (broad SMARTS) is 1. The van der Waals surface area contributed by atoms with Crippen LogP contribution in [0.4, 0.5) is 18.0 Å². The molecule has 0 aliphatic carbocycles. The number of aromatic carboxylic acids is 1. The fourth-order valence-corrected chi connectivity index (χ4v) is 4.92. The maximum atomic E-state index is 15.1. The van der Waals surface area contributed by atoms with Gasteiger partial charge in [-0.05, 0) is 18.1 Å². The normalized spacial score (nSPS) is 17.1. The van der Waals surface area contributed by atoms with Gasteiger partial charge in [0.1, 0.15) is 23.2 Å². The Morgan fingerprint density at radius 1 is 1.11 bits per heavy atom. The number of nitrogens with zero attached hydrogens (tertiary/aromatic N) is 2. The molecule has 1 saturated heterocycles. The highest BCUT2D eigenvalue weighted by atomic mass is 35.5. The van der Waals surface area contributed by atoms with E-state index in [1.54, 1.807) is 0 Å². The predicted molar refractivity (Wildman–Crippen MR) is 141 cm³/mol. The summed E-state index contributed by atoms with van der Waals surface area (Å²) in [4.78, 5) is 64.5. The first kappa shape index (κ1) is 32.2. The number of urea groups is 1. The van der Waals surface area contributed by atoms with Crippen molar-refractivity contribution in [2.75, 3.05) is 26.2 Å². The molecular weight excluding hydrogens is 622 g/mol. The number of hydrogen-bond acceptors (Lipinski definition) is 10. The Bertz CT molecular complexity index is 1550. The van der Waals surface area contributed by atoms with Crippen LogP contribution in [0.1, 0.15) is 27.5 Å². The van der Waals surface area contributed by atoms with Gasteiger partial charge in [-0.2, -0.15) is 4.39 Å². The van der Waals surface area contributed by atoms with Crippen LogP contribution in [-0.2, 0) is 20.8 Å². The summed E-state index contributed by atoms with van der Waals surface area (Å²) < 4.78 is 48.8. The van der Waals surface area contributed by atoms with E-state index in [0.29, 0.717) is 4.90 Å². The van der Waals surface area contributed by atoms with Crippen molar-refractivity contribution in [3.8, 4) is 17.2 Å². The van der Waals surface area contributed by atoms with Crippen LogP contribution in [0.3, 0.4) is 0 Å². The Balaban J connectivity index is 1.68. The number of halogens is 4. The average Bonchev–Trinajstić information content (AvgIpc) is 2.97. The van der Waals surface area contributed by atoms with Gasteiger partial charge in [-0.3, -0.25) is 19.3 Å². The summed E-state index contributed by atoms with van der Waals surface area (Å²) >= 11 is 5.92. The number of carbonyl (C=O) groups excluding carboxylic acids is 4. The van der Waals surface area contributed by atoms with Crippen molar-refractivity contribution in [3.63, 3.8) is 0 Å². The van der Waals surface area contributed by atoms with Crippen molar-refractivity contribution in [3.05, 3.63) is 51.3 Å². The molecule has 2 aliphatic heterocycles. The van der Waals surface area contributed by atoms with Gasteiger partial charge in [-0.25, -0.2) is 18.4 Å². The summed E-state index contributed by atoms with van der Waals surface area (Å²) in [6.07, 6.45) is -0.398. The lowest BCUT2D eigenvalue weighted by Crippen LogP contribution is -2.60. The number of nitrogens with one attached hydrogen (secondary N) is 2. The molecule has 234 valence electrons. The first-order valence-corrected chi connectivity index (χ1v) is 13.0. The predicted octanol–water partition coefficient (Wildman–Crippen LogP) is -0.613. The molecule has 2 aromatic carbocycles. The van der Waals surface area contributed by atoms with Crippen LogP contribution >= 0.6 is 11.6 Å². The summed E-state index contributed by atoms with van der Waals surface area (Å²) in [7, 11) is -2.04. The van der Waals surface area contributed by atoms with Gasteiger partial charge >= 0.3 is 30.9 Å². The molecule has 44 heavy (non-hydrogen) atoms. The smallest absolute Gasteiger partial charge is 0.534 e. The number of aromatic hydroxyl groups is 2. The van der Waals surface area contributed by atoms with E-state index < -0.39 is 113 Å². The van der Waals surface area contributed by atoms with Crippen LogP contribution in [0.25, 0.3) is 0 Å². The molecule has 0 radical (unpaired) electrons. The number of carbonyl (C=O) groups is 5. The SMILES string of the molecule is NCCN1CCN(C(=O)N[C@@H](C(=O)N[C@H]2Cc3ccc(F)c(C(=O)O)c3OB2O)c2c(F)c(F)c(O)c(O)c2Cl)C(=O)C1=O. The van der Waals surface area contributed by atoms with E-state index in [1.807, 2.05) is 5.32 Å². The maximum Gasteiger partial charge on any atom is 0.547 e. The van der Waals surface area contributed by atoms with Gasteiger partial charge in [-0.1, -0.05) is 17.7 Å². The Kier molecular flexibility index (Phi) is 9.12. The minimum atomic E-state index is -2.39. The molecule has 2 heterocycles. The number of phenolic OH excluding ortho intramolecular Hbond substituents is 2. The number of hydrogen-bond donors (Lipinski definition) is 7. The zero-order chi connectivity index (χ0) is 32.6. The molecule has 15 nitrogen and oxygen atoms in total. The highest BCUT2D eigenvalue weighted by molar-refractivity contribution is 6.47. The van der Waals surface area contributed by atoms with E-state index in [1.165, 1.54) is 0 Å². The van der Waals surface area contributed by atoms with Gasteiger partial charge in [0.25, 0.3) is 0 Å². The lowest BCUT2D eigenvalue weighted by molar-refractivity contribution is -0.153. The summed E-state index contributed by atoms with van der Waals surface area (Å²) in [6, 6.07) is -1.93. The number of piperazine rings is 1. The van der Waals surface area contributed by atoms with E-state index in [0.717, 1.165) is 17.0 Å². The highest BCUT2D eigenvalue weighted by Gasteiger charge is 2.43. The first-order valence-electron chi connectivity index (χ1n) is 12.6. The number of imide groups is 1. The molecule has 5 amide bonds. The first-order chi connectivity index (χ1) is 20.7. The minimum Gasteiger partial charge on any atom is -0.534 e. The molecule has 0 spiro atoms. The van der Waals surface area contributed by atoms with Crippen LogP contribution < -0.4 is 21.0 Å². The lowest BCUT2D eigenvalue weighted by atomic mass is 9.72. The number of amides is 5. The Hall–Kier alpha value is -4.75. The quantitative estimate of drug-likeness (QED) is 0.0870. The molecule has 2 atom stereocenters. The molecule has 1 fully saturated rings. The summed E-state index contributed by atoms with van der Waals surface area (Å²) in [6.45, 7) is -0.549. The fraction of sp³-hybridized carbons (Fsp3) is 0.292. The molecule has 0 saturated carbocycles.